The number of amides is 1. The van der Waals surface area contributed by atoms with Crippen molar-refractivity contribution in [2.45, 2.75) is 25.9 Å². The second-order valence-corrected chi connectivity index (χ2v) is 6.46. The summed E-state index contributed by atoms with van der Waals surface area (Å²) in [5.74, 6) is 0.0621. The van der Waals surface area contributed by atoms with Gasteiger partial charge in [0.2, 0.25) is 5.91 Å². The Morgan fingerprint density at radius 3 is 2.67 bits per heavy atom. The second-order valence-electron chi connectivity index (χ2n) is 6.46. The summed E-state index contributed by atoms with van der Waals surface area (Å²) in [6.45, 7) is 5.48. The normalized spacial score (nSPS) is 24.8. The van der Waals surface area contributed by atoms with E-state index in [1.807, 2.05) is 17.9 Å². The zero-order valence-corrected chi connectivity index (χ0v) is 14.3. The maximum atomic E-state index is 13.9. The first-order valence-electron chi connectivity index (χ1n) is 8.59. The number of halogens is 1. The van der Waals surface area contributed by atoms with Gasteiger partial charge in [-0.05, 0) is 31.9 Å². The molecule has 0 aromatic heterocycles. The molecular weight excluding hydrogens is 311 g/mol. The fourth-order valence-corrected chi connectivity index (χ4v) is 3.52. The summed E-state index contributed by atoms with van der Waals surface area (Å²) in [5, 5.41) is 0. The van der Waals surface area contributed by atoms with Crippen molar-refractivity contribution in [3.8, 4) is 5.75 Å². The van der Waals surface area contributed by atoms with E-state index in [9.17, 15) is 9.18 Å². The number of hydrogen-bond acceptors (Lipinski definition) is 4. The monoisotopic (exact) mass is 336 g/mol. The lowest BCUT2D eigenvalue weighted by Gasteiger charge is -2.39. The quantitative estimate of drug-likeness (QED) is 0.849. The standard InChI is InChI=1S/C18H25FN2O3/c1-13-15(4-3-11-24-13)18(22)21-9-7-20(8-10-21)14-5-6-17(23-2)16(19)12-14/h5-6,12-13,15H,3-4,7-11H2,1-2H3. The number of carbonyl (C=O) groups excluding carboxylic acids is 1. The Balaban J connectivity index is 1.59. The number of ether oxygens (including phenoxy) is 2. The molecule has 0 saturated carbocycles. The van der Waals surface area contributed by atoms with Crippen molar-refractivity contribution in [3.05, 3.63) is 24.0 Å². The minimum Gasteiger partial charge on any atom is -0.494 e. The van der Waals surface area contributed by atoms with E-state index in [2.05, 4.69) is 4.90 Å². The molecule has 2 saturated heterocycles. The van der Waals surface area contributed by atoms with E-state index in [4.69, 9.17) is 9.47 Å². The molecule has 1 aromatic carbocycles. The van der Waals surface area contributed by atoms with Crippen LogP contribution in [0, 0.1) is 11.7 Å². The molecule has 24 heavy (non-hydrogen) atoms. The third-order valence-corrected chi connectivity index (χ3v) is 5.02. The van der Waals surface area contributed by atoms with Gasteiger partial charge in [0.1, 0.15) is 0 Å². The van der Waals surface area contributed by atoms with Crippen LogP contribution in [-0.4, -0.2) is 56.8 Å². The molecule has 0 N–H and O–H groups in total. The van der Waals surface area contributed by atoms with Gasteiger partial charge in [-0.1, -0.05) is 0 Å². The first-order valence-corrected chi connectivity index (χ1v) is 8.59. The lowest BCUT2D eigenvalue weighted by atomic mass is 9.93. The maximum absolute atomic E-state index is 13.9. The van der Waals surface area contributed by atoms with Crippen LogP contribution in [0.1, 0.15) is 19.8 Å². The Morgan fingerprint density at radius 2 is 2.04 bits per heavy atom. The fraction of sp³-hybridized carbons (Fsp3) is 0.611. The summed E-state index contributed by atoms with van der Waals surface area (Å²) in [4.78, 5) is 16.7. The number of carbonyl (C=O) groups is 1. The van der Waals surface area contributed by atoms with Crippen LogP contribution in [0.3, 0.4) is 0 Å². The molecule has 0 radical (unpaired) electrons. The molecule has 2 aliphatic heterocycles. The lowest BCUT2D eigenvalue weighted by Crippen LogP contribution is -2.52. The summed E-state index contributed by atoms with van der Waals surface area (Å²) >= 11 is 0. The molecular formula is C18H25FN2O3. The van der Waals surface area contributed by atoms with Gasteiger partial charge in [-0.3, -0.25) is 4.79 Å². The predicted octanol–water partition coefficient (Wildman–Crippen LogP) is 2.30. The Hall–Kier alpha value is -1.82. The molecule has 1 amide bonds. The highest BCUT2D eigenvalue weighted by Crippen LogP contribution is 2.26. The van der Waals surface area contributed by atoms with Crippen molar-refractivity contribution in [1.29, 1.82) is 0 Å². The molecule has 5 nitrogen and oxygen atoms in total. The van der Waals surface area contributed by atoms with E-state index in [0.717, 1.165) is 25.1 Å². The number of piperazine rings is 1. The molecule has 2 fully saturated rings. The zero-order chi connectivity index (χ0) is 17.1. The summed E-state index contributed by atoms with van der Waals surface area (Å²) in [7, 11) is 1.46. The molecule has 0 aliphatic carbocycles. The van der Waals surface area contributed by atoms with Crippen molar-refractivity contribution in [1.82, 2.24) is 4.90 Å². The maximum Gasteiger partial charge on any atom is 0.228 e. The van der Waals surface area contributed by atoms with Gasteiger partial charge in [-0.15, -0.1) is 0 Å². The van der Waals surface area contributed by atoms with Crippen LogP contribution < -0.4 is 9.64 Å². The van der Waals surface area contributed by atoms with Crippen LogP contribution in [0.4, 0.5) is 10.1 Å². The first kappa shape index (κ1) is 17.0. The Kier molecular flexibility index (Phi) is 5.23. The van der Waals surface area contributed by atoms with Crippen LogP contribution in [0.25, 0.3) is 0 Å². The third-order valence-electron chi connectivity index (χ3n) is 5.02. The van der Waals surface area contributed by atoms with Crippen LogP contribution in [0.5, 0.6) is 5.75 Å². The Morgan fingerprint density at radius 1 is 1.29 bits per heavy atom. The van der Waals surface area contributed by atoms with Crippen LogP contribution in [-0.2, 0) is 9.53 Å². The van der Waals surface area contributed by atoms with Gasteiger partial charge in [0.05, 0.1) is 19.1 Å². The molecule has 2 aliphatic rings. The van der Waals surface area contributed by atoms with E-state index in [1.54, 1.807) is 6.07 Å². The highest BCUT2D eigenvalue weighted by Gasteiger charge is 2.33. The molecule has 2 atom stereocenters. The largest absolute Gasteiger partial charge is 0.494 e. The molecule has 2 heterocycles. The molecule has 6 heteroatoms. The highest BCUT2D eigenvalue weighted by molar-refractivity contribution is 5.79. The molecule has 1 aromatic rings. The van der Waals surface area contributed by atoms with E-state index in [1.165, 1.54) is 13.2 Å². The summed E-state index contributed by atoms with van der Waals surface area (Å²) in [6.07, 6.45) is 1.86. The first-order chi connectivity index (χ1) is 11.6. The second kappa shape index (κ2) is 7.38. The fourth-order valence-electron chi connectivity index (χ4n) is 3.52. The van der Waals surface area contributed by atoms with Crippen molar-refractivity contribution >= 4 is 11.6 Å². The highest BCUT2D eigenvalue weighted by atomic mass is 19.1. The predicted molar refractivity (Wildman–Crippen MR) is 89.9 cm³/mol. The van der Waals surface area contributed by atoms with Crippen molar-refractivity contribution in [3.63, 3.8) is 0 Å². The number of anilines is 1. The third kappa shape index (κ3) is 3.48. The zero-order valence-electron chi connectivity index (χ0n) is 14.3. The van der Waals surface area contributed by atoms with Crippen molar-refractivity contribution in [2.75, 3.05) is 44.8 Å². The van der Waals surface area contributed by atoms with E-state index < -0.39 is 0 Å². The number of benzene rings is 1. The molecule has 132 valence electrons. The van der Waals surface area contributed by atoms with Crippen LogP contribution >= 0.6 is 0 Å². The summed E-state index contributed by atoms with van der Waals surface area (Å²) in [6, 6.07) is 4.99. The van der Waals surface area contributed by atoms with Gasteiger partial charge < -0.3 is 19.3 Å². The smallest absolute Gasteiger partial charge is 0.228 e. The summed E-state index contributed by atoms with van der Waals surface area (Å²) < 4.78 is 24.4. The SMILES string of the molecule is COc1ccc(N2CCN(C(=O)C3CCCOC3C)CC2)cc1F. The van der Waals surface area contributed by atoms with Crippen molar-refractivity contribution in [2.24, 2.45) is 5.92 Å². The van der Waals surface area contributed by atoms with E-state index in [-0.39, 0.29) is 29.5 Å². The van der Waals surface area contributed by atoms with Crippen LogP contribution in [0.15, 0.2) is 18.2 Å². The molecule has 0 spiro atoms. The number of methoxy groups -OCH3 is 1. The van der Waals surface area contributed by atoms with Gasteiger partial charge in [-0.2, -0.15) is 0 Å². The number of rotatable bonds is 3. The van der Waals surface area contributed by atoms with Gasteiger partial charge in [0, 0.05) is 44.5 Å². The lowest BCUT2D eigenvalue weighted by molar-refractivity contribution is -0.144. The van der Waals surface area contributed by atoms with Crippen molar-refractivity contribution < 1.29 is 18.7 Å². The number of nitrogens with zero attached hydrogens (tertiary/aromatic N) is 2. The minimum atomic E-state index is -0.360. The molecule has 2 unspecified atom stereocenters. The van der Waals surface area contributed by atoms with Gasteiger partial charge >= 0.3 is 0 Å². The van der Waals surface area contributed by atoms with Gasteiger partial charge in [-0.25, -0.2) is 4.39 Å². The van der Waals surface area contributed by atoms with Gasteiger partial charge in [0.25, 0.3) is 0 Å². The Bertz CT molecular complexity index is 588. The average Bonchev–Trinajstić information content (AvgIpc) is 2.61. The Labute approximate surface area is 142 Å². The molecule has 0 bridgehead atoms. The van der Waals surface area contributed by atoms with E-state index in [0.29, 0.717) is 26.2 Å². The number of hydrogen-bond donors (Lipinski definition) is 0. The van der Waals surface area contributed by atoms with Crippen LogP contribution in [0.2, 0.25) is 0 Å². The minimum absolute atomic E-state index is 0.0000337. The average molecular weight is 336 g/mol. The van der Waals surface area contributed by atoms with Gasteiger partial charge in [0.15, 0.2) is 11.6 Å². The van der Waals surface area contributed by atoms with E-state index >= 15 is 0 Å². The molecule has 3 rings (SSSR count). The summed E-state index contributed by atoms with van der Waals surface area (Å²) in [5.41, 5.74) is 0.828. The topological polar surface area (TPSA) is 42.0 Å².